The van der Waals surface area contributed by atoms with E-state index >= 15 is 0 Å². The van der Waals surface area contributed by atoms with Crippen LogP contribution in [0.2, 0.25) is 0 Å². The predicted octanol–water partition coefficient (Wildman–Crippen LogP) is 7.36. The summed E-state index contributed by atoms with van der Waals surface area (Å²) >= 11 is 10.5. The summed E-state index contributed by atoms with van der Waals surface area (Å²) in [6.07, 6.45) is 2.41. The van der Waals surface area contributed by atoms with Gasteiger partial charge in [-0.05, 0) is 91.9 Å². The third kappa shape index (κ3) is 6.19. The second-order valence-electron chi connectivity index (χ2n) is 8.41. The summed E-state index contributed by atoms with van der Waals surface area (Å²) in [5, 5.41) is 14.2. The molecule has 0 spiro atoms. The van der Waals surface area contributed by atoms with Crippen LogP contribution in [0.1, 0.15) is 53.5 Å². The number of benzene rings is 3. The molecule has 0 bridgehead atoms. The van der Waals surface area contributed by atoms with Crippen LogP contribution in [0.4, 0.5) is 0 Å². The minimum absolute atomic E-state index is 0.0341. The summed E-state index contributed by atoms with van der Waals surface area (Å²) in [4.78, 5) is 29.3. The number of carboxylic acid groups (broad SMARTS) is 1. The SMILES string of the molecule is CC[C@@H](C)c1nc2ccc(Br)cc2c(=O)n1N=Cc1cc(Br)c(OCc2cccc(C(=O)O)c2)c(Br)c1. The first kappa shape index (κ1) is 27.2. The fourth-order valence-corrected chi connectivity index (χ4v) is 5.46. The van der Waals surface area contributed by atoms with Gasteiger partial charge in [0.1, 0.15) is 18.2 Å². The van der Waals surface area contributed by atoms with Gasteiger partial charge in [0, 0.05) is 10.4 Å². The van der Waals surface area contributed by atoms with E-state index in [4.69, 9.17) is 9.72 Å². The molecular weight excluding hydrogens is 670 g/mol. The number of hydrogen-bond acceptors (Lipinski definition) is 5. The summed E-state index contributed by atoms with van der Waals surface area (Å²) in [5.74, 6) is 0.206. The van der Waals surface area contributed by atoms with E-state index in [0.29, 0.717) is 31.4 Å². The molecule has 0 saturated carbocycles. The highest BCUT2D eigenvalue weighted by molar-refractivity contribution is 9.11. The van der Waals surface area contributed by atoms with E-state index in [1.807, 2.05) is 38.1 Å². The van der Waals surface area contributed by atoms with Gasteiger partial charge in [0.05, 0.1) is 31.6 Å². The van der Waals surface area contributed by atoms with Crippen molar-refractivity contribution in [2.45, 2.75) is 32.8 Å². The molecule has 4 aromatic rings. The summed E-state index contributed by atoms with van der Waals surface area (Å²) in [7, 11) is 0. The Hall–Kier alpha value is -2.82. The van der Waals surface area contributed by atoms with Crippen molar-refractivity contribution >= 4 is 70.9 Å². The average molecular weight is 692 g/mol. The molecule has 0 aliphatic rings. The molecule has 0 radical (unpaired) electrons. The second-order valence-corrected chi connectivity index (χ2v) is 11.0. The van der Waals surface area contributed by atoms with Gasteiger partial charge < -0.3 is 9.84 Å². The van der Waals surface area contributed by atoms with Crippen molar-refractivity contribution in [1.82, 2.24) is 9.66 Å². The zero-order valence-electron chi connectivity index (χ0n) is 19.9. The summed E-state index contributed by atoms with van der Waals surface area (Å²) in [6, 6.07) is 15.7. The van der Waals surface area contributed by atoms with E-state index in [1.165, 1.54) is 10.7 Å². The maximum absolute atomic E-state index is 13.3. The third-order valence-electron chi connectivity index (χ3n) is 5.79. The lowest BCUT2D eigenvalue weighted by molar-refractivity contribution is 0.0696. The molecule has 37 heavy (non-hydrogen) atoms. The molecule has 190 valence electrons. The van der Waals surface area contributed by atoms with Crippen molar-refractivity contribution in [3.8, 4) is 5.75 Å². The Bertz CT molecular complexity index is 1560. The van der Waals surface area contributed by atoms with Gasteiger partial charge in [0.25, 0.3) is 5.56 Å². The number of ether oxygens (including phenoxy) is 1. The number of nitrogens with zero attached hydrogens (tertiary/aromatic N) is 3. The largest absolute Gasteiger partial charge is 0.487 e. The van der Waals surface area contributed by atoms with Gasteiger partial charge in [-0.15, -0.1) is 0 Å². The molecule has 0 aliphatic carbocycles. The average Bonchev–Trinajstić information content (AvgIpc) is 2.87. The van der Waals surface area contributed by atoms with Crippen molar-refractivity contribution in [1.29, 1.82) is 0 Å². The van der Waals surface area contributed by atoms with Crippen molar-refractivity contribution in [3.05, 3.63) is 101 Å². The molecule has 4 rings (SSSR count). The van der Waals surface area contributed by atoms with Crippen LogP contribution in [-0.4, -0.2) is 27.0 Å². The van der Waals surface area contributed by atoms with E-state index in [-0.39, 0.29) is 23.6 Å². The fraction of sp³-hybridized carbons (Fsp3) is 0.185. The van der Waals surface area contributed by atoms with Crippen molar-refractivity contribution in [2.75, 3.05) is 0 Å². The maximum Gasteiger partial charge on any atom is 0.335 e. The van der Waals surface area contributed by atoms with Crippen LogP contribution < -0.4 is 10.3 Å². The van der Waals surface area contributed by atoms with Gasteiger partial charge in [-0.25, -0.2) is 9.78 Å². The lowest BCUT2D eigenvalue weighted by Gasteiger charge is -2.14. The third-order valence-corrected chi connectivity index (χ3v) is 7.46. The number of carboxylic acids is 1. The number of halogens is 3. The van der Waals surface area contributed by atoms with Crippen LogP contribution in [0.15, 0.2) is 77.9 Å². The van der Waals surface area contributed by atoms with Crippen LogP contribution in [0.25, 0.3) is 10.9 Å². The lowest BCUT2D eigenvalue weighted by Crippen LogP contribution is -2.23. The molecule has 1 heterocycles. The number of carbonyl (C=O) groups is 1. The van der Waals surface area contributed by atoms with E-state index in [2.05, 4.69) is 52.9 Å². The molecule has 0 aliphatic heterocycles. The fourth-order valence-electron chi connectivity index (χ4n) is 3.65. The molecule has 0 amide bonds. The van der Waals surface area contributed by atoms with Gasteiger partial charge in [-0.3, -0.25) is 4.79 Å². The molecule has 3 aromatic carbocycles. The monoisotopic (exact) mass is 689 g/mol. The number of rotatable bonds is 8. The van der Waals surface area contributed by atoms with Crippen molar-refractivity contribution < 1.29 is 14.6 Å². The molecular formula is C27H22Br3N3O4. The molecule has 0 fully saturated rings. The molecule has 0 saturated heterocycles. The zero-order chi connectivity index (χ0) is 26.7. The first-order valence-electron chi connectivity index (χ1n) is 11.4. The Morgan fingerprint density at radius 3 is 2.54 bits per heavy atom. The molecule has 10 heteroatoms. The van der Waals surface area contributed by atoms with Gasteiger partial charge in [0.2, 0.25) is 0 Å². The van der Waals surface area contributed by atoms with Crippen LogP contribution in [-0.2, 0) is 6.61 Å². The summed E-state index contributed by atoms with van der Waals surface area (Å²) in [6.45, 7) is 4.25. The maximum atomic E-state index is 13.3. The van der Waals surface area contributed by atoms with E-state index < -0.39 is 5.97 Å². The second kappa shape index (κ2) is 11.7. The Morgan fingerprint density at radius 1 is 1.14 bits per heavy atom. The Kier molecular flexibility index (Phi) is 8.61. The quantitative estimate of drug-likeness (QED) is 0.195. The minimum Gasteiger partial charge on any atom is -0.487 e. The van der Waals surface area contributed by atoms with E-state index in [0.717, 1.165) is 22.0 Å². The normalized spacial score (nSPS) is 12.2. The summed E-state index contributed by atoms with van der Waals surface area (Å²) < 4.78 is 9.46. The van der Waals surface area contributed by atoms with Crippen LogP contribution >= 0.6 is 47.8 Å². The highest BCUT2D eigenvalue weighted by Crippen LogP contribution is 2.35. The Balaban J connectivity index is 1.64. The van der Waals surface area contributed by atoms with Crippen LogP contribution in [0.3, 0.4) is 0 Å². The molecule has 0 unspecified atom stereocenters. The Morgan fingerprint density at radius 2 is 1.86 bits per heavy atom. The van der Waals surface area contributed by atoms with Crippen LogP contribution in [0, 0.1) is 0 Å². The van der Waals surface area contributed by atoms with Crippen molar-refractivity contribution in [3.63, 3.8) is 0 Å². The predicted molar refractivity (Wildman–Crippen MR) is 155 cm³/mol. The van der Waals surface area contributed by atoms with Gasteiger partial charge in [-0.1, -0.05) is 41.9 Å². The van der Waals surface area contributed by atoms with Gasteiger partial charge in [0.15, 0.2) is 0 Å². The molecule has 1 atom stereocenters. The van der Waals surface area contributed by atoms with E-state index in [1.54, 1.807) is 30.5 Å². The smallest absolute Gasteiger partial charge is 0.335 e. The topological polar surface area (TPSA) is 93.8 Å². The number of aromatic carboxylic acids is 1. The summed E-state index contributed by atoms with van der Waals surface area (Å²) in [5.41, 5.74) is 2.07. The lowest BCUT2D eigenvalue weighted by atomic mass is 10.1. The first-order chi connectivity index (χ1) is 17.7. The molecule has 7 nitrogen and oxygen atoms in total. The molecule has 1 N–H and O–H groups in total. The Labute approximate surface area is 238 Å². The highest BCUT2D eigenvalue weighted by atomic mass is 79.9. The highest BCUT2D eigenvalue weighted by Gasteiger charge is 2.16. The zero-order valence-corrected chi connectivity index (χ0v) is 24.7. The number of fused-ring (bicyclic) bond motifs is 1. The molecule has 1 aromatic heterocycles. The van der Waals surface area contributed by atoms with Gasteiger partial charge in [-0.2, -0.15) is 9.78 Å². The van der Waals surface area contributed by atoms with Crippen molar-refractivity contribution in [2.24, 2.45) is 5.10 Å². The first-order valence-corrected chi connectivity index (χ1v) is 13.8. The number of hydrogen-bond donors (Lipinski definition) is 1. The van der Waals surface area contributed by atoms with Gasteiger partial charge >= 0.3 is 5.97 Å². The minimum atomic E-state index is -0.988. The number of aromatic nitrogens is 2. The standard InChI is InChI=1S/C27H22Br3N3O4/c1-3-15(2)25-32-23-8-7-19(28)12-20(23)26(34)33(25)31-13-17-10-21(29)24(22(30)11-17)37-14-16-5-4-6-18(9-16)27(35)36/h4-13,15H,3,14H2,1-2H3,(H,35,36)/t15-/m1/s1. The van der Waals surface area contributed by atoms with E-state index in [9.17, 15) is 14.7 Å². The van der Waals surface area contributed by atoms with Crippen LogP contribution in [0.5, 0.6) is 5.75 Å².